The van der Waals surface area contributed by atoms with Crippen molar-refractivity contribution < 1.29 is 28.2 Å². The van der Waals surface area contributed by atoms with Crippen LogP contribution in [0.25, 0.3) is 5.69 Å². The standard InChI is InChI=1S/C29H28FN5O5S/c1-3-40-28(38)20-6-10-22(11-7-20)32-27(37)18-41-29-34-33-25(35(29)23-12-8-21(30)9-13-23)17-31-26(36)16-19-4-14-24(39-2)15-5-19/h4-15H,3,16-18H2,1-2H3,(H,31,36)(H,32,37). The van der Waals surface area contributed by atoms with E-state index in [1.807, 2.05) is 12.1 Å². The molecule has 0 aliphatic carbocycles. The van der Waals surface area contributed by atoms with Crippen molar-refractivity contribution in [3.05, 3.63) is 95.6 Å². The van der Waals surface area contributed by atoms with Gasteiger partial charge < -0.3 is 20.1 Å². The van der Waals surface area contributed by atoms with E-state index in [2.05, 4.69) is 20.8 Å². The maximum absolute atomic E-state index is 13.6. The number of aromatic nitrogens is 3. The molecule has 0 bridgehead atoms. The zero-order valence-electron chi connectivity index (χ0n) is 22.4. The third kappa shape index (κ3) is 8.15. The van der Waals surface area contributed by atoms with Gasteiger partial charge in [0.05, 0.1) is 38.0 Å². The normalized spacial score (nSPS) is 10.6. The van der Waals surface area contributed by atoms with Crippen LogP contribution in [0.1, 0.15) is 28.7 Å². The fourth-order valence-electron chi connectivity index (χ4n) is 3.76. The molecule has 0 atom stereocenters. The van der Waals surface area contributed by atoms with Crippen molar-refractivity contribution in [3.63, 3.8) is 0 Å². The van der Waals surface area contributed by atoms with E-state index in [0.717, 1.165) is 17.3 Å². The van der Waals surface area contributed by atoms with E-state index in [0.29, 0.717) is 33.7 Å². The number of halogens is 1. The molecule has 212 valence electrons. The first-order valence-electron chi connectivity index (χ1n) is 12.7. The van der Waals surface area contributed by atoms with E-state index in [1.165, 1.54) is 12.1 Å². The molecule has 1 aromatic heterocycles. The molecule has 10 nitrogen and oxygen atoms in total. The molecule has 0 radical (unpaired) electrons. The molecule has 41 heavy (non-hydrogen) atoms. The number of esters is 1. The van der Waals surface area contributed by atoms with Crippen molar-refractivity contribution in [1.29, 1.82) is 0 Å². The van der Waals surface area contributed by atoms with Crippen LogP contribution in [0.3, 0.4) is 0 Å². The highest BCUT2D eigenvalue weighted by molar-refractivity contribution is 7.99. The molecule has 0 aliphatic heterocycles. The van der Waals surface area contributed by atoms with E-state index in [4.69, 9.17) is 9.47 Å². The molecular formula is C29H28FN5O5S. The fourth-order valence-corrected chi connectivity index (χ4v) is 4.53. The van der Waals surface area contributed by atoms with Crippen molar-refractivity contribution in [2.45, 2.75) is 25.0 Å². The van der Waals surface area contributed by atoms with Crippen LogP contribution in [0.15, 0.2) is 78.0 Å². The van der Waals surface area contributed by atoms with Gasteiger partial charge in [0, 0.05) is 11.4 Å². The lowest BCUT2D eigenvalue weighted by Gasteiger charge is -2.11. The van der Waals surface area contributed by atoms with Gasteiger partial charge in [-0.25, -0.2) is 9.18 Å². The lowest BCUT2D eigenvalue weighted by Crippen LogP contribution is -2.26. The molecule has 0 fully saturated rings. The zero-order valence-corrected chi connectivity index (χ0v) is 23.2. The predicted octanol–water partition coefficient (Wildman–Crippen LogP) is 4.18. The minimum atomic E-state index is -0.436. The monoisotopic (exact) mass is 577 g/mol. The molecule has 0 saturated carbocycles. The van der Waals surface area contributed by atoms with Crippen molar-refractivity contribution in [2.75, 3.05) is 24.8 Å². The second-order valence-electron chi connectivity index (χ2n) is 8.65. The Bertz CT molecular complexity index is 1490. The van der Waals surface area contributed by atoms with Crippen LogP contribution in [-0.2, 0) is 27.3 Å². The summed E-state index contributed by atoms with van der Waals surface area (Å²) < 4.78 is 25.4. The molecule has 0 spiro atoms. The smallest absolute Gasteiger partial charge is 0.338 e. The topological polar surface area (TPSA) is 124 Å². The van der Waals surface area contributed by atoms with E-state index >= 15 is 0 Å². The van der Waals surface area contributed by atoms with Gasteiger partial charge in [-0.3, -0.25) is 14.2 Å². The Morgan fingerprint density at radius 3 is 2.29 bits per heavy atom. The van der Waals surface area contributed by atoms with E-state index < -0.39 is 11.8 Å². The first kappa shape index (κ1) is 29.3. The summed E-state index contributed by atoms with van der Waals surface area (Å²) >= 11 is 1.13. The fraction of sp³-hybridized carbons (Fsp3) is 0.207. The Labute approximate surface area is 240 Å². The number of methoxy groups -OCH3 is 1. The highest BCUT2D eigenvalue weighted by atomic mass is 32.2. The Balaban J connectivity index is 1.41. The third-order valence-electron chi connectivity index (χ3n) is 5.76. The van der Waals surface area contributed by atoms with Gasteiger partial charge in [0.15, 0.2) is 11.0 Å². The van der Waals surface area contributed by atoms with Crippen molar-refractivity contribution in [1.82, 2.24) is 20.1 Å². The average Bonchev–Trinajstić information content (AvgIpc) is 3.39. The summed E-state index contributed by atoms with van der Waals surface area (Å²) in [5.41, 5.74) is 2.30. The summed E-state index contributed by atoms with van der Waals surface area (Å²) in [4.78, 5) is 37.0. The lowest BCUT2D eigenvalue weighted by atomic mass is 10.1. The minimum absolute atomic E-state index is 0.00276. The Kier molecular flexibility index (Phi) is 10.1. The SMILES string of the molecule is CCOC(=O)c1ccc(NC(=O)CSc2nnc(CNC(=O)Cc3ccc(OC)cc3)n2-c2ccc(F)cc2)cc1. The number of anilines is 1. The van der Waals surface area contributed by atoms with Gasteiger partial charge in [-0.05, 0) is 73.2 Å². The van der Waals surface area contributed by atoms with Gasteiger partial charge in [-0.15, -0.1) is 10.2 Å². The maximum Gasteiger partial charge on any atom is 0.338 e. The molecule has 12 heteroatoms. The summed E-state index contributed by atoms with van der Waals surface area (Å²) in [6, 6.07) is 19.3. The second-order valence-corrected chi connectivity index (χ2v) is 9.59. The van der Waals surface area contributed by atoms with Crippen LogP contribution in [0.2, 0.25) is 0 Å². The summed E-state index contributed by atoms with van der Waals surface area (Å²) in [7, 11) is 1.57. The number of hydrogen-bond acceptors (Lipinski definition) is 8. The molecule has 0 aliphatic rings. The third-order valence-corrected chi connectivity index (χ3v) is 6.69. The van der Waals surface area contributed by atoms with E-state index in [1.54, 1.807) is 67.1 Å². The quantitative estimate of drug-likeness (QED) is 0.190. The summed E-state index contributed by atoms with van der Waals surface area (Å²) in [5.74, 6) is -0.243. The number of hydrogen-bond donors (Lipinski definition) is 2. The Morgan fingerprint density at radius 1 is 0.927 bits per heavy atom. The van der Waals surface area contributed by atoms with Crippen molar-refractivity contribution in [2.24, 2.45) is 0 Å². The van der Waals surface area contributed by atoms with Crippen molar-refractivity contribution in [3.8, 4) is 11.4 Å². The molecule has 0 saturated heterocycles. The number of carbonyl (C=O) groups is 3. The maximum atomic E-state index is 13.6. The molecule has 0 unspecified atom stereocenters. The Hall–Kier alpha value is -4.71. The summed E-state index contributed by atoms with van der Waals surface area (Å²) in [6.45, 7) is 2.07. The van der Waals surface area contributed by atoms with Crippen LogP contribution in [0.4, 0.5) is 10.1 Å². The zero-order chi connectivity index (χ0) is 29.2. The highest BCUT2D eigenvalue weighted by Gasteiger charge is 2.17. The molecule has 4 rings (SSSR count). The summed E-state index contributed by atoms with van der Waals surface area (Å²) in [5, 5.41) is 14.4. The molecule has 3 aromatic carbocycles. The van der Waals surface area contributed by atoms with Gasteiger partial charge in [-0.2, -0.15) is 0 Å². The largest absolute Gasteiger partial charge is 0.497 e. The van der Waals surface area contributed by atoms with Crippen LogP contribution < -0.4 is 15.4 Å². The average molecular weight is 578 g/mol. The second kappa shape index (κ2) is 14.1. The minimum Gasteiger partial charge on any atom is -0.497 e. The number of carbonyl (C=O) groups excluding carboxylic acids is 3. The van der Waals surface area contributed by atoms with Gasteiger partial charge in [0.2, 0.25) is 11.8 Å². The molecular weight excluding hydrogens is 549 g/mol. The predicted molar refractivity (Wildman–Crippen MR) is 152 cm³/mol. The van der Waals surface area contributed by atoms with Crippen LogP contribution in [0, 0.1) is 5.82 Å². The van der Waals surface area contributed by atoms with Crippen LogP contribution in [-0.4, -0.2) is 52.0 Å². The summed E-state index contributed by atoms with van der Waals surface area (Å²) in [6.07, 6.45) is 0.164. The molecule has 2 amide bonds. The molecule has 2 N–H and O–H groups in total. The van der Waals surface area contributed by atoms with Gasteiger partial charge in [-0.1, -0.05) is 23.9 Å². The van der Waals surface area contributed by atoms with Crippen molar-refractivity contribution >= 4 is 35.2 Å². The number of amides is 2. The van der Waals surface area contributed by atoms with Crippen LogP contribution in [0.5, 0.6) is 5.75 Å². The first-order valence-corrected chi connectivity index (χ1v) is 13.6. The molecule has 4 aromatic rings. The van der Waals surface area contributed by atoms with E-state index in [9.17, 15) is 18.8 Å². The highest BCUT2D eigenvalue weighted by Crippen LogP contribution is 2.23. The lowest BCUT2D eigenvalue weighted by molar-refractivity contribution is -0.120. The van der Waals surface area contributed by atoms with Gasteiger partial charge in [0.25, 0.3) is 0 Å². The molecule has 1 heterocycles. The van der Waals surface area contributed by atoms with Crippen LogP contribution >= 0.6 is 11.8 Å². The number of ether oxygens (including phenoxy) is 2. The number of nitrogens with one attached hydrogen (secondary N) is 2. The number of thioether (sulfide) groups is 1. The number of rotatable bonds is 12. The number of benzene rings is 3. The van der Waals surface area contributed by atoms with Gasteiger partial charge in [0.1, 0.15) is 11.6 Å². The first-order chi connectivity index (χ1) is 19.9. The Morgan fingerprint density at radius 2 is 1.63 bits per heavy atom. The van der Waals surface area contributed by atoms with E-state index in [-0.39, 0.29) is 37.1 Å². The van der Waals surface area contributed by atoms with Gasteiger partial charge >= 0.3 is 5.97 Å². The number of nitrogens with zero attached hydrogens (tertiary/aromatic N) is 3.